The number of pyridine rings is 1. The van der Waals surface area contributed by atoms with Gasteiger partial charge in [0, 0.05) is 6.20 Å². The highest BCUT2D eigenvalue weighted by molar-refractivity contribution is 6.30. The van der Waals surface area contributed by atoms with Crippen LogP contribution in [0.3, 0.4) is 0 Å². The van der Waals surface area contributed by atoms with Crippen molar-refractivity contribution in [3.63, 3.8) is 0 Å². The number of halogens is 2. The fourth-order valence-electron chi connectivity index (χ4n) is 1.05. The van der Waals surface area contributed by atoms with Gasteiger partial charge in [0.15, 0.2) is 11.0 Å². The van der Waals surface area contributed by atoms with E-state index in [1.54, 1.807) is 0 Å². The van der Waals surface area contributed by atoms with Crippen molar-refractivity contribution in [3.8, 4) is 5.88 Å². The van der Waals surface area contributed by atoms with Crippen LogP contribution in [-0.4, -0.2) is 20.1 Å². The lowest BCUT2D eigenvalue weighted by Crippen LogP contribution is -2.10. The zero-order valence-corrected chi connectivity index (χ0v) is 7.34. The lowest BCUT2D eigenvalue weighted by Gasteiger charge is -2.00. The number of aromatic hydroxyl groups is 1. The Labute approximate surface area is 81.2 Å². The number of hydrogen-bond donors (Lipinski definition) is 2. The predicted molar refractivity (Wildman–Crippen MR) is 46.8 cm³/mol. The number of nitrogens with zero attached hydrogens (tertiary/aromatic N) is 2. The molecule has 0 saturated heterocycles. The Hall–Kier alpha value is -1.69. The van der Waals surface area contributed by atoms with Crippen molar-refractivity contribution in [1.82, 2.24) is 15.0 Å². The first-order chi connectivity index (χ1) is 6.59. The van der Waals surface area contributed by atoms with E-state index in [0.29, 0.717) is 0 Å². The van der Waals surface area contributed by atoms with Crippen molar-refractivity contribution >= 4 is 22.5 Å². The van der Waals surface area contributed by atoms with Gasteiger partial charge in [0.2, 0.25) is 5.88 Å². The first-order valence-electron chi connectivity index (χ1n) is 3.52. The summed E-state index contributed by atoms with van der Waals surface area (Å²) >= 11 is 5.38. The standard InChI is InChI=1S/C7H3ClFN3O2/c8-5-3(9)4-2(1-10-5)6(13)12-7(14)11-4/h1H,(H2,11,12,13,14). The van der Waals surface area contributed by atoms with Crippen LogP contribution in [0.2, 0.25) is 5.15 Å². The van der Waals surface area contributed by atoms with Crippen LogP contribution in [0.1, 0.15) is 0 Å². The van der Waals surface area contributed by atoms with Crippen LogP contribution < -0.4 is 5.69 Å². The molecule has 0 aliphatic heterocycles. The molecule has 0 fully saturated rings. The van der Waals surface area contributed by atoms with Crippen molar-refractivity contribution in [1.29, 1.82) is 0 Å². The number of nitrogens with one attached hydrogen (secondary N) is 1. The van der Waals surface area contributed by atoms with Gasteiger partial charge in [-0.05, 0) is 0 Å². The van der Waals surface area contributed by atoms with Crippen LogP contribution in [0.5, 0.6) is 5.88 Å². The lowest BCUT2D eigenvalue weighted by molar-refractivity contribution is 0.456. The summed E-state index contributed by atoms with van der Waals surface area (Å²) in [5, 5.41) is 8.82. The average molecular weight is 216 g/mol. The van der Waals surface area contributed by atoms with Crippen LogP contribution in [0.4, 0.5) is 4.39 Å². The van der Waals surface area contributed by atoms with Crippen molar-refractivity contribution in [2.75, 3.05) is 0 Å². The molecule has 0 aromatic carbocycles. The molecule has 0 aliphatic carbocycles. The number of H-pyrrole nitrogens is 1. The van der Waals surface area contributed by atoms with E-state index in [9.17, 15) is 14.3 Å². The molecule has 5 nitrogen and oxygen atoms in total. The Kier molecular flexibility index (Phi) is 1.85. The fourth-order valence-corrected chi connectivity index (χ4v) is 1.19. The summed E-state index contributed by atoms with van der Waals surface area (Å²) in [5.41, 5.74) is -1.06. The molecule has 2 aromatic rings. The van der Waals surface area contributed by atoms with Crippen LogP contribution in [0.25, 0.3) is 10.9 Å². The molecule has 2 N–H and O–H groups in total. The zero-order chi connectivity index (χ0) is 10.3. The maximum Gasteiger partial charge on any atom is 0.348 e. The smallest absolute Gasteiger partial charge is 0.348 e. The summed E-state index contributed by atoms with van der Waals surface area (Å²) in [6.07, 6.45) is 1.12. The van der Waals surface area contributed by atoms with E-state index in [0.717, 1.165) is 6.20 Å². The first kappa shape index (κ1) is 8.89. The molecule has 14 heavy (non-hydrogen) atoms. The largest absolute Gasteiger partial charge is 0.493 e. The summed E-state index contributed by atoms with van der Waals surface area (Å²) in [6, 6.07) is 0. The van der Waals surface area contributed by atoms with Crippen molar-refractivity contribution in [3.05, 3.63) is 27.7 Å². The zero-order valence-electron chi connectivity index (χ0n) is 6.58. The third-order valence-electron chi connectivity index (χ3n) is 1.66. The SMILES string of the molecule is O=c1nc(O)c2cnc(Cl)c(F)c2[nH]1. The molecular formula is C7H3ClFN3O2. The van der Waals surface area contributed by atoms with E-state index in [2.05, 4.69) is 15.0 Å². The maximum absolute atomic E-state index is 13.3. The third kappa shape index (κ3) is 1.20. The van der Waals surface area contributed by atoms with Crippen LogP contribution in [0.15, 0.2) is 11.0 Å². The van der Waals surface area contributed by atoms with Gasteiger partial charge >= 0.3 is 5.69 Å². The molecule has 0 aliphatic rings. The van der Waals surface area contributed by atoms with E-state index in [4.69, 9.17) is 11.6 Å². The summed E-state index contributed by atoms with van der Waals surface area (Å²) in [5.74, 6) is -1.47. The van der Waals surface area contributed by atoms with Gasteiger partial charge in [-0.1, -0.05) is 11.6 Å². The van der Waals surface area contributed by atoms with Gasteiger partial charge in [0.1, 0.15) is 0 Å². The molecular weight excluding hydrogens is 213 g/mol. The molecule has 0 saturated carbocycles. The Morgan fingerprint density at radius 2 is 2.29 bits per heavy atom. The van der Waals surface area contributed by atoms with E-state index < -0.39 is 17.4 Å². The third-order valence-corrected chi connectivity index (χ3v) is 1.92. The average Bonchev–Trinajstić information content (AvgIpc) is 2.12. The maximum atomic E-state index is 13.3. The molecule has 0 unspecified atom stereocenters. The summed E-state index contributed by atoms with van der Waals surface area (Å²) in [7, 11) is 0. The molecule has 2 aromatic heterocycles. The summed E-state index contributed by atoms with van der Waals surface area (Å²) < 4.78 is 13.3. The Balaban J connectivity index is 3.02. The number of rotatable bonds is 0. The fraction of sp³-hybridized carbons (Fsp3) is 0. The molecule has 0 bridgehead atoms. The predicted octanol–water partition coefficient (Wildman–Crippen LogP) is 0.816. The highest BCUT2D eigenvalue weighted by atomic mass is 35.5. The summed E-state index contributed by atoms with van der Waals surface area (Å²) in [6.45, 7) is 0. The first-order valence-corrected chi connectivity index (χ1v) is 3.90. The van der Waals surface area contributed by atoms with E-state index in [1.807, 2.05) is 0 Å². The van der Waals surface area contributed by atoms with Crippen LogP contribution in [0, 0.1) is 5.82 Å². The Morgan fingerprint density at radius 3 is 3.00 bits per heavy atom. The second-order valence-corrected chi connectivity index (χ2v) is 2.88. The van der Waals surface area contributed by atoms with Crippen molar-refractivity contribution in [2.24, 2.45) is 0 Å². The highest BCUT2D eigenvalue weighted by Gasteiger charge is 2.11. The van der Waals surface area contributed by atoms with E-state index >= 15 is 0 Å². The number of hydrogen-bond acceptors (Lipinski definition) is 4. The summed E-state index contributed by atoms with van der Waals surface area (Å²) in [4.78, 5) is 19.6. The minimum atomic E-state index is -0.890. The minimum absolute atomic E-state index is 0.00602. The second kappa shape index (κ2) is 2.91. The molecule has 7 heteroatoms. The van der Waals surface area contributed by atoms with Gasteiger partial charge in [0.05, 0.1) is 10.9 Å². The molecule has 2 heterocycles. The Bertz CT molecular complexity index is 569. The van der Waals surface area contributed by atoms with Gasteiger partial charge in [0.25, 0.3) is 0 Å². The Morgan fingerprint density at radius 1 is 1.57 bits per heavy atom. The van der Waals surface area contributed by atoms with Crippen LogP contribution in [-0.2, 0) is 0 Å². The number of aromatic amines is 1. The molecule has 0 radical (unpaired) electrons. The monoisotopic (exact) mass is 215 g/mol. The van der Waals surface area contributed by atoms with Crippen molar-refractivity contribution < 1.29 is 9.50 Å². The van der Waals surface area contributed by atoms with Gasteiger partial charge in [-0.2, -0.15) is 4.98 Å². The topological polar surface area (TPSA) is 78.9 Å². The van der Waals surface area contributed by atoms with E-state index in [-0.39, 0.29) is 16.1 Å². The van der Waals surface area contributed by atoms with Gasteiger partial charge in [-0.25, -0.2) is 14.2 Å². The lowest BCUT2D eigenvalue weighted by atomic mass is 10.3. The highest BCUT2D eigenvalue weighted by Crippen LogP contribution is 2.23. The number of aromatic nitrogens is 3. The normalized spacial score (nSPS) is 10.7. The van der Waals surface area contributed by atoms with Gasteiger partial charge in [-0.15, -0.1) is 0 Å². The van der Waals surface area contributed by atoms with Gasteiger partial charge < -0.3 is 10.1 Å². The molecule has 2 rings (SSSR count). The molecule has 72 valence electrons. The van der Waals surface area contributed by atoms with Crippen molar-refractivity contribution in [2.45, 2.75) is 0 Å². The number of fused-ring (bicyclic) bond motifs is 1. The quantitative estimate of drug-likeness (QED) is 0.638. The molecule has 0 amide bonds. The van der Waals surface area contributed by atoms with E-state index in [1.165, 1.54) is 0 Å². The molecule has 0 atom stereocenters. The van der Waals surface area contributed by atoms with Crippen LogP contribution >= 0.6 is 11.6 Å². The molecule has 0 spiro atoms. The van der Waals surface area contributed by atoms with Gasteiger partial charge in [-0.3, -0.25) is 0 Å². The second-order valence-electron chi connectivity index (χ2n) is 2.52. The minimum Gasteiger partial charge on any atom is -0.493 e.